The SMILES string of the molecule is CC(Nc1ccnc2cc(Cl)ccc12)c1ccc(Cl)s1. The molecule has 0 saturated carbocycles. The lowest BCUT2D eigenvalue weighted by molar-refractivity contribution is 0.910. The van der Waals surface area contributed by atoms with Gasteiger partial charge in [-0.15, -0.1) is 11.3 Å². The van der Waals surface area contributed by atoms with Crippen molar-refractivity contribution in [3.05, 3.63) is 56.8 Å². The predicted octanol–water partition coefficient (Wildman–Crippen LogP) is 5.78. The van der Waals surface area contributed by atoms with Gasteiger partial charge in [0.05, 0.1) is 15.9 Å². The second-order valence-corrected chi connectivity index (χ2v) is 6.71. The van der Waals surface area contributed by atoms with Crippen LogP contribution in [0, 0.1) is 0 Å². The quantitative estimate of drug-likeness (QED) is 0.661. The van der Waals surface area contributed by atoms with Gasteiger partial charge in [-0.05, 0) is 43.3 Å². The largest absolute Gasteiger partial charge is 0.377 e. The first-order valence-electron chi connectivity index (χ1n) is 6.19. The predicted molar refractivity (Wildman–Crippen MR) is 88.1 cm³/mol. The Hall–Kier alpha value is -1.29. The fraction of sp³-hybridized carbons (Fsp3) is 0.133. The number of aromatic nitrogens is 1. The molecule has 20 heavy (non-hydrogen) atoms. The number of hydrogen-bond donors (Lipinski definition) is 1. The highest BCUT2D eigenvalue weighted by Crippen LogP contribution is 2.31. The highest BCUT2D eigenvalue weighted by atomic mass is 35.5. The molecule has 0 spiro atoms. The zero-order chi connectivity index (χ0) is 14.1. The molecular formula is C15H12Cl2N2S. The molecule has 0 fully saturated rings. The molecule has 5 heteroatoms. The fourth-order valence-corrected chi connectivity index (χ4v) is 3.34. The molecule has 0 amide bonds. The minimum Gasteiger partial charge on any atom is -0.377 e. The first-order chi connectivity index (χ1) is 9.63. The third-order valence-electron chi connectivity index (χ3n) is 3.10. The van der Waals surface area contributed by atoms with E-state index in [1.54, 1.807) is 17.5 Å². The van der Waals surface area contributed by atoms with Crippen molar-refractivity contribution in [1.82, 2.24) is 4.98 Å². The van der Waals surface area contributed by atoms with Crippen LogP contribution in [0.5, 0.6) is 0 Å². The Labute approximate surface area is 131 Å². The third-order valence-corrected chi connectivity index (χ3v) is 4.75. The zero-order valence-corrected chi connectivity index (χ0v) is 13.1. The molecule has 0 aliphatic rings. The van der Waals surface area contributed by atoms with Gasteiger partial charge in [-0.2, -0.15) is 0 Å². The average Bonchev–Trinajstić information content (AvgIpc) is 2.85. The van der Waals surface area contributed by atoms with E-state index in [2.05, 4.69) is 17.2 Å². The molecule has 0 aliphatic carbocycles. The van der Waals surface area contributed by atoms with Crippen molar-refractivity contribution >= 4 is 51.1 Å². The van der Waals surface area contributed by atoms with E-state index >= 15 is 0 Å². The summed E-state index contributed by atoms with van der Waals surface area (Å²) in [5.41, 5.74) is 1.93. The van der Waals surface area contributed by atoms with Crippen LogP contribution >= 0.6 is 34.5 Å². The van der Waals surface area contributed by atoms with Crippen LogP contribution in [0.1, 0.15) is 17.8 Å². The van der Waals surface area contributed by atoms with Gasteiger partial charge >= 0.3 is 0 Å². The highest BCUT2D eigenvalue weighted by Gasteiger charge is 2.10. The molecular weight excluding hydrogens is 311 g/mol. The molecule has 2 nitrogen and oxygen atoms in total. The van der Waals surface area contributed by atoms with Crippen LogP contribution < -0.4 is 5.32 Å². The summed E-state index contributed by atoms with van der Waals surface area (Å²) >= 11 is 13.6. The molecule has 0 aliphatic heterocycles. The number of benzene rings is 1. The van der Waals surface area contributed by atoms with Crippen LogP contribution in [0.15, 0.2) is 42.6 Å². The molecule has 1 atom stereocenters. The van der Waals surface area contributed by atoms with Crippen molar-refractivity contribution in [2.45, 2.75) is 13.0 Å². The Morgan fingerprint density at radius 1 is 1.15 bits per heavy atom. The second-order valence-electron chi connectivity index (χ2n) is 4.53. The number of rotatable bonds is 3. The van der Waals surface area contributed by atoms with E-state index in [0.29, 0.717) is 5.02 Å². The zero-order valence-electron chi connectivity index (χ0n) is 10.7. The maximum atomic E-state index is 6.00. The lowest BCUT2D eigenvalue weighted by Crippen LogP contribution is -2.05. The number of fused-ring (bicyclic) bond motifs is 1. The minimum atomic E-state index is 0.189. The Kier molecular flexibility index (Phi) is 3.83. The second kappa shape index (κ2) is 5.60. The lowest BCUT2D eigenvalue weighted by Gasteiger charge is -2.15. The van der Waals surface area contributed by atoms with E-state index < -0.39 is 0 Å². The van der Waals surface area contributed by atoms with Gasteiger partial charge in [0.2, 0.25) is 0 Å². The van der Waals surface area contributed by atoms with Gasteiger partial charge in [0.1, 0.15) is 0 Å². The molecule has 2 aromatic heterocycles. The highest BCUT2D eigenvalue weighted by molar-refractivity contribution is 7.16. The molecule has 1 N–H and O–H groups in total. The first-order valence-corrected chi connectivity index (χ1v) is 7.77. The summed E-state index contributed by atoms with van der Waals surface area (Å²) in [4.78, 5) is 5.55. The summed E-state index contributed by atoms with van der Waals surface area (Å²) in [6, 6.07) is 11.9. The molecule has 0 saturated heterocycles. The standard InChI is InChI=1S/C15H12Cl2N2S/c1-9(14-4-5-15(17)20-14)19-12-6-7-18-13-8-10(16)2-3-11(12)13/h2-9H,1H3,(H,18,19). The molecule has 1 unspecified atom stereocenters. The number of halogens is 2. The molecule has 3 rings (SSSR count). The van der Waals surface area contributed by atoms with Crippen molar-refractivity contribution in [1.29, 1.82) is 0 Å². The summed E-state index contributed by atoms with van der Waals surface area (Å²) in [5, 5.41) is 5.26. The van der Waals surface area contributed by atoms with Gasteiger partial charge in [-0.3, -0.25) is 4.98 Å². The summed E-state index contributed by atoms with van der Waals surface area (Å²) in [5.74, 6) is 0. The fourth-order valence-electron chi connectivity index (χ4n) is 2.11. The van der Waals surface area contributed by atoms with Crippen LogP contribution in [-0.4, -0.2) is 4.98 Å². The Balaban J connectivity index is 1.94. The van der Waals surface area contributed by atoms with Gasteiger partial charge in [0.25, 0.3) is 0 Å². The van der Waals surface area contributed by atoms with Crippen LogP contribution in [0.3, 0.4) is 0 Å². The minimum absolute atomic E-state index is 0.189. The van der Waals surface area contributed by atoms with E-state index in [1.165, 1.54) is 4.88 Å². The molecule has 0 radical (unpaired) electrons. The van der Waals surface area contributed by atoms with Crippen molar-refractivity contribution in [2.75, 3.05) is 5.32 Å². The molecule has 0 bridgehead atoms. The maximum absolute atomic E-state index is 6.00. The maximum Gasteiger partial charge on any atom is 0.0932 e. The van der Waals surface area contributed by atoms with Crippen LogP contribution in [0.4, 0.5) is 5.69 Å². The summed E-state index contributed by atoms with van der Waals surface area (Å²) in [6.45, 7) is 2.12. The van der Waals surface area contributed by atoms with E-state index in [0.717, 1.165) is 20.9 Å². The molecule has 102 valence electrons. The lowest BCUT2D eigenvalue weighted by atomic mass is 10.1. The monoisotopic (exact) mass is 322 g/mol. The Morgan fingerprint density at radius 3 is 2.75 bits per heavy atom. The number of pyridine rings is 1. The number of nitrogens with one attached hydrogen (secondary N) is 1. The average molecular weight is 323 g/mol. The van der Waals surface area contributed by atoms with Crippen LogP contribution in [-0.2, 0) is 0 Å². The third kappa shape index (κ3) is 2.75. The molecule has 1 aromatic carbocycles. The van der Waals surface area contributed by atoms with Gasteiger partial charge < -0.3 is 5.32 Å². The number of nitrogens with zero attached hydrogens (tertiary/aromatic N) is 1. The van der Waals surface area contributed by atoms with Crippen molar-refractivity contribution in [2.24, 2.45) is 0 Å². The van der Waals surface area contributed by atoms with Gasteiger partial charge in [-0.1, -0.05) is 23.2 Å². The molecule has 3 aromatic rings. The van der Waals surface area contributed by atoms with Crippen molar-refractivity contribution < 1.29 is 0 Å². The van der Waals surface area contributed by atoms with E-state index in [-0.39, 0.29) is 6.04 Å². The van der Waals surface area contributed by atoms with E-state index in [1.807, 2.05) is 36.4 Å². The Morgan fingerprint density at radius 2 is 2.00 bits per heavy atom. The first kappa shape index (κ1) is 13.7. The number of anilines is 1. The van der Waals surface area contributed by atoms with Gasteiger partial charge in [-0.25, -0.2) is 0 Å². The van der Waals surface area contributed by atoms with Gasteiger partial charge in [0, 0.05) is 27.2 Å². The summed E-state index contributed by atoms with van der Waals surface area (Å²) in [6.07, 6.45) is 1.79. The smallest absolute Gasteiger partial charge is 0.0932 e. The molecule has 2 heterocycles. The topological polar surface area (TPSA) is 24.9 Å². The summed E-state index contributed by atoms with van der Waals surface area (Å²) < 4.78 is 0.806. The number of thiophene rings is 1. The van der Waals surface area contributed by atoms with E-state index in [9.17, 15) is 0 Å². The van der Waals surface area contributed by atoms with Crippen LogP contribution in [0.25, 0.3) is 10.9 Å². The van der Waals surface area contributed by atoms with Crippen LogP contribution in [0.2, 0.25) is 9.36 Å². The number of hydrogen-bond acceptors (Lipinski definition) is 3. The normalized spacial score (nSPS) is 12.6. The van der Waals surface area contributed by atoms with Crippen molar-refractivity contribution in [3.8, 4) is 0 Å². The van der Waals surface area contributed by atoms with Crippen molar-refractivity contribution in [3.63, 3.8) is 0 Å². The summed E-state index contributed by atoms with van der Waals surface area (Å²) in [7, 11) is 0. The van der Waals surface area contributed by atoms with E-state index in [4.69, 9.17) is 23.2 Å². The Bertz CT molecular complexity index is 754. The van der Waals surface area contributed by atoms with Gasteiger partial charge in [0.15, 0.2) is 0 Å².